The van der Waals surface area contributed by atoms with Gasteiger partial charge in [0.05, 0.1) is 6.04 Å². The van der Waals surface area contributed by atoms with Gasteiger partial charge >= 0.3 is 5.97 Å². The lowest BCUT2D eigenvalue weighted by Crippen LogP contribution is -2.70. The van der Waals surface area contributed by atoms with Crippen LogP contribution in [0.4, 0.5) is 11.1 Å². The van der Waals surface area contributed by atoms with Gasteiger partial charge in [-0.05, 0) is 32.9 Å². The Hall–Kier alpha value is -3.62. The van der Waals surface area contributed by atoms with Crippen LogP contribution >= 0.6 is 11.3 Å². The summed E-state index contributed by atoms with van der Waals surface area (Å²) in [5.74, 6) is -1.63. The number of nitrogens with one attached hydrogen (secondary N) is 1. The van der Waals surface area contributed by atoms with Gasteiger partial charge < -0.3 is 20.6 Å². The van der Waals surface area contributed by atoms with E-state index in [1.54, 1.807) is 33.1 Å². The normalized spacial score (nSPS) is 18.8. The molecule has 0 saturated carbocycles. The predicted octanol–water partition coefficient (Wildman–Crippen LogP) is -0.676. The van der Waals surface area contributed by atoms with E-state index < -0.39 is 35.5 Å². The van der Waals surface area contributed by atoms with E-state index >= 15 is 0 Å². The fourth-order valence-corrected chi connectivity index (χ4v) is 3.42. The number of anilines is 2. The molecular formula is C17H23N9O5S. The molecule has 1 saturated heterocycles. The summed E-state index contributed by atoms with van der Waals surface area (Å²) in [6.07, 6.45) is 0. The van der Waals surface area contributed by atoms with Gasteiger partial charge in [0.2, 0.25) is 0 Å². The van der Waals surface area contributed by atoms with Crippen LogP contribution in [0.1, 0.15) is 33.4 Å². The van der Waals surface area contributed by atoms with Crippen LogP contribution in [0.25, 0.3) is 0 Å². The van der Waals surface area contributed by atoms with E-state index in [1.165, 1.54) is 12.0 Å². The minimum atomic E-state index is -0.849. The summed E-state index contributed by atoms with van der Waals surface area (Å²) in [5, 5.41) is 19.7. The maximum Gasteiger partial charge on any atom is 0.330 e. The van der Waals surface area contributed by atoms with Crippen molar-refractivity contribution in [1.29, 1.82) is 0 Å². The Labute approximate surface area is 186 Å². The molecule has 0 bridgehead atoms. The molecule has 172 valence electrons. The highest BCUT2D eigenvalue weighted by Gasteiger charge is 2.48. The van der Waals surface area contributed by atoms with Crippen LogP contribution in [0, 0.1) is 0 Å². The van der Waals surface area contributed by atoms with Gasteiger partial charge in [0.15, 0.2) is 17.4 Å². The van der Waals surface area contributed by atoms with Gasteiger partial charge in [0.1, 0.15) is 24.4 Å². The molecule has 3 heterocycles. The number of carbonyl (C=O) groups is 3. The van der Waals surface area contributed by atoms with Crippen LogP contribution in [-0.2, 0) is 30.5 Å². The molecule has 1 aliphatic rings. The van der Waals surface area contributed by atoms with Crippen molar-refractivity contribution in [2.24, 2.45) is 5.16 Å². The molecule has 15 heteroatoms. The number of carbonyl (C=O) groups excluding carboxylic acids is 3. The standard InChI is InChI=1S/C17H23N9O5S/c1-8-11(20-13(28)12(23-30-5)9-7-32-15(18)19-9)14(29)26(8)16-21-24-25(22-16)6-10(27)31-17(2,3)4/h7-8,11H,6H2,1-5H3,(H2,18,19)(H,20,28). The van der Waals surface area contributed by atoms with Crippen LogP contribution in [0.3, 0.4) is 0 Å². The van der Waals surface area contributed by atoms with Crippen molar-refractivity contribution in [1.82, 2.24) is 30.5 Å². The summed E-state index contributed by atoms with van der Waals surface area (Å²) >= 11 is 1.14. The summed E-state index contributed by atoms with van der Waals surface area (Å²) in [7, 11) is 1.29. The molecule has 2 aromatic rings. The lowest BCUT2D eigenvalue weighted by molar-refractivity contribution is -0.156. The Kier molecular flexibility index (Phi) is 6.38. The molecule has 0 aliphatic carbocycles. The first-order valence-corrected chi connectivity index (χ1v) is 10.3. The number of tetrazole rings is 1. The molecule has 1 fully saturated rings. The van der Waals surface area contributed by atoms with E-state index in [2.05, 4.69) is 30.9 Å². The lowest BCUT2D eigenvalue weighted by Gasteiger charge is -2.42. The number of nitrogens with zero attached hydrogens (tertiary/aromatic N) is 7. The van der Waals surface area contributed by atoms with Crippen LogP contribution in [0.15, 0.2) is 10.5 Å². The van der Waals surface area contributed by atoms with Crippen molar-refractivity contribution in [3.05, 3.63) is 11.1 Å². The molecule has 0 radical (unpaired) electrons. The first-order chi connectivity index (χ1) is 15.0. The van der Waals surface area contributed by atoms with Gasteiger partial charge in [-0.1, -0.05) is 10.3 Å². The topological polar surface area (TPSA) is 180 Å². The quantitative estimate of drug-likeness (QED) is 0.230. The summed E-state index contributed by atoms with van der Waals surface area (Å²) in [6.45, 7) is 6.67. The van der Waals surface area contributed by atoms with E-state index in [4.69, 9.17) is 15.3 Å². The van der Waals surface area contributed by atoms with Crippen LogP contribution in [0.2, 0.25) is 0 Å². The van der Waals surface area contributed by atoms with E-state index in [1.807, 2.05) is 0 Å². The highest BCUT2D eigenvalue weighted by atomic mass is 32.1. The molecule has 2 atom stereocenters. The zero-order valence-corrected chi connectivity index (χ0v) is 18.9. The number of hydrogen-bond donors (Lipinski definition) is 2. The Morgan fingerprint density at radius 2 is 2.09 bits per heavy atom. The molecule has 0 aromatic carbocycles. The van der Waals surface area contributed by atoms with Gasteiger partial charge in [-0.3, -0.25) is 14.5 Å². The third-order valence-electron chi connectivity index (χ3n) is 4.19. The zero-order valence-electron chi connectivity index (χ0n) is 18.1. The fourth-order valence-electron chi connectivity index (χ4n) is 2.88. The largest absolute Gasteiger partial charge is 0.459 e. The summed E-state index contributed by atoms with van der Waals surface area (Å²) < 4.78 is 5.21. The maximum atomic E-state index is 12.7. The highest BCUT2D eigenvalue weighted by Crippen LogP contribution is 2.24. The summed E-state index contributed by atoms with van der Waals surface area (Å²) in [4.78, 5) is 48.2. The smallest absolute Gasteiger partial charge is 0.330 e. The van der Waals surface area contributed by atoms with Gasteiger partial charge in [-0.15, -0.1) is 16.4 Å². The van der Waals surface area contributed by atoms with Crippen molar-refractivity contribution in [2.45, 2.75) is 51.9 Å². The van der Waals surface area contributed by atoms with Crippen molar-refractivity contribution < 1.29 is 24.0 Å². The molecule has 0 spiro atoms. The predicted molar refractivity (Wildman–Crippen MR) is 113 cm³/mol. The zero-order chi connectivity index (χ0) is 23.6. The highest BCUT2D eigenvalue weighted by molar-refractivity contribution is 7.13. The molecule has 2 amide bonds. The van der Waals surface area contributed by atoms with E-state index in [0.717, 1.165) is 16.1 Å². The van der Waals surface area contributed by atoms with Crippen LogP contribution in [0.5, 0.6) is 0 Å². The Morgan fingerprint density at radius 1 is 1.38 bits per heavy atom. The van der Waals surface area contributed by atoms with E-state index in [0.29, 0.717) is 0 Å². The first kappa shape index (κ1) is 23.1. The minimum Gasteiger partial charge on any atom is -0.459 e. The second kappa shape index (κ2) is 8.86. The SMILES string of the molecule is CON=C(C(=O)NC1C(=O)N(c2nnn(CC(=O)OC(C)(C)C)n2)C1C)c1csc(N)n1. The number of amides is 2. The molecule has 2 aromatic heterocycles. The fraction of sp³-hybridized carbons (Fsp3) is 0.529. The average molecular weight is 465 g/mol. The monoisotopic (exact) mass is 465 g/mol. The number of aromatic nitrogens is 5. The molecule has 1 aliphatic heterocycles. The molecule has 14 nitrogen and oxygen atoms in total. The number of rotatable bonds is 7. The Bertz CT molecular complexity index is 1060. The maximum absolute atomic E-state index is 12.7. The second-order valence-corrected chi connectivity index (χ2v) is 8.69. The number of thiazole rings is 1. The second-order valence-electron chi connectivity index (χ2n) is 7.80. The third-order valence-corrected chi connectivity index (χ3v) is 4.86. The lowest BCUT2D eigenvalue weighted by atomic mass is 9.97. The number of nitrogen functional groups attached to an aromatic ring is 1. The molecule has 2 unspecified atom stereocenters. The van der Waals surface area contributed by atoms with Gasteiger partial charge in [0, 0.05) is 5.38 Å². The summed E-state index contributed by atoms with van der Waals surface area (Å²) in [6, 6.07) is -1.33. The van der Waals surface area contributed by atoms with Crippen LogP contribution in [-0.4, -0.2) is 73.5 Å². The number of esters is 1. The molecular weight excluding hydrogens is 442 g/mol. The number of ether oxygens (including phenoxy) is 1. The third kappa shape index (κ3) is 4.99. The van der Waals surface area contributed by atoms with E-state index in [-0.39, 0.29) is 29.0 Å². The Balaban J connectivity index is 1.64. The number of β-lactam (4-membered cyclic amide) rings is 1. The minimum absolute atomic E-state index is 0.00890. The molecule has 3 rings (SSSR count). The van der Waals surface area contributed by atoms with Crippen molar-refractivity contribution in [3.63, 3.8) is 0 Å². The van der Waals surface area contributed by atoms with Crippen molar-refractivity contribution in [3.8, 4) is 0 Å². The number of hydrogen-bond acceptors (Lipinski definition) is 12. The summed E-state index contributed by atoms with van der Waals surface area (Å²) in [5.41, 5.74) is 5.08. The Morgan fingerprint density at radius 3 is 2.66 bits per heavy atom. The first-order valence-electron chi connectivity index (χ1n) is 9.46. The molecule has 32 heavy (non-hydrogen) atoms. The van der Waals surface area contributed by atoms with Gasteiger partial charge in [0.25, 0.3) is 17.8 Å². The van der Waals surface area contributed by atoms with E-state index in [9.17, 15) is 14.4 Å². The van der Waals surface area contributed by atoms with Gasteiger partial charge in [-0.25, -0.2) is 9.78 Å². The number of nitrogens with two attached hydrogens (primary N) is 1. The van der Waals surface area contributed by atoms with Crippen molar-refractivity contribution >= 4 is 45.9 Å². The van der Waals surface area contributed by atoms with Gasteiger partial charge in [-0.2, -0.15) is 4.80 Å². The number of oxime groups is 1. The molecule has 3 N–H and O–H groups in total. The average Bonchev–Trinajstić information content (AvgIpc) is 3.31. The van der Waals surface area contributed by atoms with Crippen LogP contribution < -0.4 is 16.0 Å². The van der Waals surface area contributed by atoms with Crippen molar-refractivity contribution in [2.75, 3.05) is 17.7 Å².